The summed E-state index contributed by atoms with van der Waals surface area (Å²) in [6.45, 7) is 0. The minimum Gasteiger partial charge on any atom is -0.311 e. The Morgan fingerprint density at radius 1 is 1.08 bits per heavy atom. The number of carbonyl (C=O) groups excluding carboxylic acids is 1. The number of aromatic nitrogens is 2. The molecule has 132 valence electrons. The van der Waals surface area contributed by atoms with Gasteiger partial charge in [-0.25, -0.2) is 9.36 Å². The SMILES string of the molecule is O=C(CSc1ccccc1)Nc1cc(=O)[nH]c(=O)n1-c1ccc(Cl)cc1. The van der Waals surface area contributed by atoms with Crippen LogP contribution in [0.2, 0.25) is 5.02 Å². The molecule has 0 atom stereocenters. The second-order valence-corrected chi connectivity index (χ2v) is 6.77. The van der Waals surface area contributed by atoms with E-state index in [1.807, 2.05) is 30.3 Å². The summed E-state index contributed by atoms with van der Waals surface area (Å²) in [6, 6.07) is 17.1. The lowest BCUT2D eigenvalue weighted by Crippen LogP contribution is -2.32. The van der Waals surface area contributed by atoms with Crippen LogP contribution >= 0.6 is 23.4 Å². The van der Waals surface area contributed by atoms with Crippen LogP contribution in [0.15, 0.2) is 75.1 Å². The first-order chi connectivity index (χ1) is 12.5. The molecule has 0 bridgehead atoms. The van der Waals surface area contributed by atoms with Crippen LogP contribution in [0.5, 0.6) is 0 Å². The van der Waals surface area contributed by atoms with Crippen molar-refractivity contribution in [3.05, 3.63) is 86.5 Å². The van der Waals surface area contributed by atoms with E-state index in [9.17, 15) is 14.4 Å². The second kappa shape index (κ2) is 8.07. The zero-order valence-electron chi connectivity index (χ0n) is 13.4. The van der Waals surface area contributed by atoms with Crippen LogP contribution in [0, 0.1) is 0 Å². The fourth-order valence-electron chi connectivity index (χ4n) is 2.28. The molecule has 26 heavy (non-hydrogen) atoms. The van der Waals surface area contributed by atoms with E-state index >= 15 is 0 Å². The summed E-state index contributed by atoms with van der Waals surface area (Å²) in [5, 5.41) is 3.14. The average Bonchev–Trinajstić information content (AvgIpc) is 2.62. The number of halogens is 1. The van der Waals surface area contributed by atoms with Crippen molar-refractivity contribution in [3.63, 3.8) is 0 Å². The number of hydrogen-bond donors (Lipinski definition) is 2. The molecule has 8 heteroatoms. The van der Waals surface area contributed by atoms with Crippen LogP contribution in [-0.2, 0) is 4.79 Å². The predicted octanol–water partition coefficient (Wildman–Crippen LogP) is 2.91. The summed E-state index contributed by atoms with van der Waals surface area (Å²) in [7, 11) is 0. The number of anilines is 1. The van der Waals surface area contributed by atoms with Gasteiger partial charge in [-0.2, -0.15) is 0 Å². The summed E-state index contributed by atoms with van der Waals surface area (Å²) in [5.41, 5.74) is -0.765. The minimum absolute atomic E-state index is 0.0970. The summed E-state index contributed by atoms with van der Waals surface area (Å²) in [6.07, 6.45) is 0. The zero-order valence-corrected chi connectivity index (χ0v) is 15.0. The summed E-state index contributed by atoms with van der Waals surface area (Å²) in [4.78, 5) is 39.3. The van der Waals surface area contributed by atoms with Gasteiger partial charge in [-0.05, 0) is 36.4 Å². The van der Waals surface area contributed by atoms with Crippen molar-refractivity contribution in [1.29, 1.82) is 0 Å². The van der Waals surface area contributed by atoms with Gasteiger partial charge < -0.3 is 5.32 Å². The molecular weight excluding hydrogens is 374 g/mol. The molecule has 0 spiro atoms. The Balaban J connectivity index is 1.85. The van der Waals surface area contributed by atoms with E-state index in [0.717, 1.165) is 4.90 Å². The van der Waals surface area contributed by atoms with Gasteiger partial charge in [0.1, 0.15) is 5.82 Å². The van der Waals surface area contributed by atoms with Crippen LogP contribution < -0.4 is 16.6 Å². The monoisotopic (exact) mass is 387 g/mol. The second-order valence-electron chi connectivity index (χ2n) is 5.29. The number of H-pyrrole nitrogens is 1. The molecule has 3 rings (SSSR count). The Morgan fingerprint density at radius 3 is 2.46 bits per heavy atom. The number of amides is 1. The maximum Gasteiger partial charge on any atom is 0.334 e. The fourth-order valence-corrected chi connectivity index (χ4v) is 3.12. The van der Waals surface area contributed by atoms with Gasteiger partial charge in [0.2, 0.25) is 5.91 Å². The number of hydrogen-bond acceptors (Lipinski definition) is 4. The molecule has 1 amide bonds. The molecule has 0 saturated heterocycles. The number of nitrogens with one attached hydrogen (secondary N) is 2. The Hall–Kier alpha value is -2.77. The van der Waals surface area contributed by atoms with Crippen LogP contribution in [0.25, 0.3) is 5.69 Å². The molecule has 6 nitrogen and oxygen atoms in total. The first-order valence-electron chi connectivity index (χ1n) is 7.63. The van der Waals surface area contributed by atoms with Gasteiger partial charge in [0.25, 0.3) is 5.56 Å². The first kappa shape index (κ1) is 18.0. The molecule has 0 aliphatic carbocycles. The highest BCUT2D eigenvalue weighted by atomic mass is 35.5. The van der Waals surface area contributed by atoms with Crippen molar-refractivity contribution in [1.82, 2.24) is 9.55 Å². The number of thioether (sulfide) groups is 1. The fraction of sp³-hybridized carbons (Fsp3) is 0.0556. The first-order valence-corrected chi connectivity index (χ1v) is 8.99. The van der Waals surface area contributed by atoms with Gasteiger partial charge in [-0.1, -0.05) is 29.8 Å². The normalized spacial score (nSPS) is 10.5. The van der Waals surface area contributed by atoms with Crippen molar-refractivity contribution < 1.29 is 4.79 Å². The van der Waals surface area contributed by atoms with Crippen molar-refractivity contribution in [2.75, 3.05) is 11.1 Å². The molecule has 2 N–H and O–H groups in total. The molecule has 0 aliphatic heterocycles. The smallest absolute Gasteiger partial charge is 0.311 e. The highest BCUT2D eigenvalue weighted by Gasteiger charge is 2.12. The Kier molecular flexibility index (Phi) is 5.60. The maximum absolute atomic E-state index is 12.3. The molecule has 1 aromatic heterocycles. The van der Waals surface area contributed by atoms with Gasteiger partial charge in [-0.3, -0.25) is 14.6 Å². The van der Waals surface area contributed by atoms with Crippen LogP contribution in [0.1, 0.15) is 0 Å². The summed E-state index contributed by atoms with van der Waals surface area (Å²) in [5.74, 6) is -0.0858. The van der Waals surface area contributed by atoms with Crippen molar-refractivity contribution in [3.8, 4) is 5.69 Å². The Morgan fingerprint density at radius 2 is 1.77 bits per heavy atom. The molecule has 0 aliphatic rings. The van der Waals surface area contributed by atoms with E-state index in [1.165, 1.54) is 22.4 Å². The molecule has 3 aromatic rings. The Labute approximate surface area is 157 Å². The van der Waals surface area contributed by atoms with Gasteiger partial charge >= 0.3 is 5.69 Å². The van der Waals surface area contributed by atoms with E-state index < -0.39 is 11.2 Å². The topological polar surface area (TPSA) is 84.0 Å². The molecule has 2 aromatic carbocycles. The van der Waals surface area contributed by atoms with Gasteiger partial charge in [0.15, 0.2) is 0 Å². The van der Waals surface area contributed by atoms with Crippen LogP contribution in [-0.4, -0.2) is 21.2 Å². The van der Waals surface area contributed by atoms with Crippen LogP contribution in [0.3, 0.4) is 0 Å². The molecule has 0 radical (unpaired) electrons. The third kappa shape index (κ3) is 4.44. The average molecular weight is 388 g/mol. The lowest BCUT2D eigenvalue weighted by atomic mass is 10.3. The van der Waals surface area contributed by atoms with Crippen LogP contribution in [0.4, 0.5) is 5.82 Å². The third-order valence-electron chi connectivity index (χ3n) is 3.41. The molecule has 0 saturated carbocycles. The largest absolute Gasteiger partial charge is 0.334 e. The molecule has 0 fully saturated rings. The Bertz CT molecular complexity index is 1030. The standard InChI is InChI=1S/C18H14ClN3O3S/c19-12-6-8-13(9-7-12)22-15(10-16(23)21-18(22)25)20-17(24)11-26-14-4-2-1-3-5-14/h1-10H,11H2,(H,20,24)(H,21,23,25). The highest BCUT2D eigenvalue weighted by molar-refractivity contribution is 8.00. The van der Waals surface area contributed by atoms with Gasteiger partial charge in [0.05, 0.1) is 11.4 Å². The van der Waals surface area contributed by atoms with E-state index in [0.29, 0.717) is 10.7 Å². The number of carbonyl (C=O) groups is 1. The zero-order chi connectivity index (χ0) is 18.5. The van der Waals surface area contributed by atoms with Gasteiger partial charge in [0, 0.05) is 16.0 Å². The lowest BCUT2D eigenvalue weighted by Gasteiger charge is -2.13. The van der Waals surface area contributed by atoms with Crippen molar-refractivity contribution in [2.24, 2.45) is 0 Å². The summed E-state index contributed by atoms with van der Waals surface area (Å²) >= 11 is 7.23. The lowest BCUT2D eigenvalue weighted by molar-refractivity contribution is -0.113. The van der Waals surface area contributed by atoms with Crippen molar-refractivity contribution >= 4 is 35.1 Å². The van der Waals surface area contributed by atoms with Crippen molar-refractivity contribution in [2.45, 2.75) is 4.90 Å². The van der Waals surface area contributed by atoms with E-state index in [2.05, 4.69) is 10.3 Å². The number of rotatable bonds is 5. The summed E-state index contributed by atoms with van der Waals surface area (Å²) < 4.78 is 1.21. The molecule has 0 unspecified atom stereocenters. The van der Waals surface area contributed by atoms with E-state index in [-0.39, 0.29) is 17.5 Å². The molecule has 1 heterocycles. The van der Waals surface area contributed by atoms with E-state index in [1.54, 1.807) is 24.3 Å². The van der Waals surface area contributed by atoms with E-state index in [4.69, 9.17) is 11.6 Å². The quantitative estimate of drug-likeness (QED) is 0.659. The third-order valence-corrected chi connectivity index (χ3v) is 4.67. The predicted molar refractivity (Wildman–Crippen MR) is 103 cm³/mol. The van der Waals surface area contributed by atoms with Gasteiger partial charge in [-0.15, -0.1) is 11.8 Å². The number of aromatic amines is 1. The maximum atomic E-state index is 12.3. The molecular formula is C18H14ClN3O3S. The minimum atomic E-state index is -0.647. The number of nitrogens with zero attached hydrogens (tertiary/aromatic N) is 1. The highest BCUT2D eigenvalue weighted by Crippen LogP contribution is 2.18. The number of benzene rings is 2.